The Morgan fingerprint density at radius 1 is 1.18 bits per heavy atom. The lowest BCUT2D eigenvalue weighted by molar-refractivity contribution is -0.137. The monoisotopic (exact) mass is 393 g/mol. The van der Waals surface area contributed by atoms with Gasteiger partial charge in [-0.25, -0.2) is 9.37 Å². The van der Waals surface area contributed by atoms with Crippen LogP contribution in [0.2, 0.25) is 0 Å². The van der Waals surface area contributed by atoms with Crippen LogP contribution in [0, 0.1) is 5.82 Å². The van der Waals surface area contributed by atoms with Crippen LogP contribution in [0.1, 0.15) is 18.4 Å². The molecule has 28 heavy (non-hydrogen) atoms. The molecular weight excluding hydrogens is 378 g/mol. The molecule has 0 atom stereocenters. The van der Waals surface area contributed by atoms with Crippen molar-refractivity contribution >= 4 is 17.3 Å². The molecule has 2 aromatic carbocycles. The predicted molar refractivity (Wildman–Crippen MR) is 95.0 cm³/mol. The number of nitrogens with zero attached hydrogens (tertiary/aromatic N) is 1. The van der Waals surface area contributed by atoms with Crippen LogP contribution in [0.15, 0.2) is 53.1 Å². The van der Waals surface area contributed by atoms with Gasteiger partial charge in [-0.15, -0.1) is 0 Å². The van der Waals surface area contributed by atoms with E-state index in [9.17, 15) is 22.4 Å². The molecule has 0 saturated heterocycles. The normalized spacial score (nSPS) is 11.3. The first kappa shape index (κ1) is 19.4. The van der Waals surface area contributed by atoms with Crippen LogP contribution in [0.4, 0.5) is 28.9 Å². The highest BCUT2D eigenvalue weighted by Gasteiger charge is 2.34. The average Bonchev–Trinajstić information content (AvgIpc) is 3.08. The fraction of sp³-hybridized carbons (Fsp3) is 0.158. The summed E-state index contributed by atoms with van der Waals surface area (Å²) in [6.07, 6.45) is -3.33. The smallest absolute Gasteiger partial charge is 0.418 e. The summed E-state index contributed by atoms with van der Waals surface area (Å²) < 4.78 is 59.2. The van der Waals surface area contributed by atoms with Crippen molar-refractivity contribution in [2.24, 2.45) is 0 Å². The summed E-state index contributed by atoms with van der Waals surface area (Å²) in [6, 6.07) is 9.32. The summed E-state index contributed by atoms with van der Waals surface area (Å²) in [7, 11) is 0. The molecule has 0 aliphatic carbocycles. The molecule has 0 radical (unpaired) electrons. The summed E-state index contributed by atoms with van der Waals surface area (Å²) in [5.41, 5.74) is -0.910. The fourth-order valence-corrected chi connectivity index (χ4v) is 2.56. The van der Waals surface area contributed by atoms with E-state index in [2.05, 4.69) is 15.6 Å². The Morgan fingerprint density at radius 2 is 1.93 bits per heavy atom. The van der Waals surface area contributed by atoms with Gasteiger partial charge in [-0.3, -0.25) is 4.79 Å². The second-order valence-electron chi connectivity index (χ2n) is 5.89. The molecule has 2 N–H and O–H groups in total. The van der Waals surface area contributed by atoms with Gasteiger partial charge in [-0.2, -0.15) is 13.2 Å². The number of benzene rings is 2. The van der Waals surface area contributed by atoms with E-state index in [0.717, 1.165) is 6.07 Å². The van der Waals surface area contributed by atoms with Gasteiger partial charge in [-0.05, 0) is 30.3 Å². The van der Waals surface area contributed by atoms with Gasteiger partial charge in [0.1, 0.15) is 5.82 Å². The second-order valence-corrected chi connectivity index (χ2v) is 5.89. The van der Waals surface area contributed by atoms with Crippen molar-refractivity contribution in [1.82, 2.24) is 4.98 Å². The summed E-state index contributed by atoms with van der Waals surface area (Å²) in [4.78, 5) is 15.0. The van der Waals surface area contributed by atoms with Crippen LogP contribution < -0.4 is 10.6 Å². The van der Waals surface area contributed by atoms with Gasteiger partial charge < -0.3 is 15.1 Å². The zero-order chi connectivity index (χ0) is 20.3. The van der Waals surface area contributed by atoms with Crippen molar-refractivity contribution in [1.29, 1.82) is 0 Å². The van der Waals surface area contributed by atoms with E-state index in [1.807, 2.05) is 0 Å². The molecule has 3 rings (SSSR count). The highest BCUT2D eigenvalue weighted by Crippen LogP contribution is 2.37. The maximum absolute atomic E-state index is 13.8. The van der Waals surface area contributed by atoms with E-state index in [1.54, 1.807) is 6.07 Å². The Bertz CT molecular complexity index is 999. The number of alkyl halides is 3. The molecule has 146 valence electrons. The molecular formula is C19H15F4N3O2. The van der Waals surface area contributed by atoms with Gasteiger partial charge in [0.2, 0.25) is 11.8 Å². The number of hydrogen-bond donors (Lipinski definition) is 2. The summed E-state index contributed by atoms with van der Waals surface area (Å²) in [5.74, 6) is -0.704. The van der Waals surface area contributed by atoms with Gasteiger partial charge in [0.05, 0.1) is 23.9 Å². The van der Waals surface area contributed by atoms with Crippen LogP contribution in [-0.4, -0.2) is 10.9 Å². The van der Waals surface area contributed by atoms with Crippen molar-refractivity contribution in [3.05, 3.63) is 65.9 Å². The molecule has 5 nitrogen and oxygen atoms in total. The summed E-state index contributed by atoms with van der Waals surface area (Å²) in [6.45, 7) is 1.06. The van der Waals surface area contributed by atoms with Crippen molar-refractivity contribution in [3.8, 4) is 11.3 Å². The molecule has 0 spiro atoms. The number of halogens is 4. The lowest BCUT2D eigenvalue weighted by Crippen LogP contribution is -2.13. The maximum Gasteiger partial charge on any atom is 0.418 e. The van der Waals surface area contributed by atoms with Crippen LogP contribution in [0.25, 0.3) is 11.3 Å². The summed E-state index contributed by atoms with van der Waals surface area (Å²) >= 11 is 0. The SMILES string of the molecule is CC(=O)Nc1ccc(NCc2ncc(-c3ccccc3F)o2)c(C(F)(F)F)c1. The van der Waals surface area contributed by atoms with E-state index < -0.39 is 23.5 Å². The van der Waals surface area contributed by atoms with Gasteiger partial charge >= 0.3 is 6.18 Å². The van der Waals surface area contributed by atoms with E-state index in [0.29, 0.717) is 0 Å². The number of carbonyl (C=O) groups excluding carboxylic acids is 1. The molecule has 1 amide bonds. The Morgan fingerprint density at radius 3 is 2.61 bits per heavy atom. The zero-order valence-corrected chi connectivity index (χ0v) is 14.6. The van der Waals surface area contributed by atoms with Gasteiger partial charge in [0.25, 0.3) is 0 Å². The van der Waals surface area contributed by atoms with Crippen LogP contribution in [0.5, 0.6) is 0 Å². The van der Waals surface area contributed by atoms with E-state index in [4.69, 9.17) is 4.42 Å². The third kappa shape index (κ3) is 4.48. The zero-order valence-electron chi connectivity index (χ0n) is 14.6. The first-order valence-electron chi connectivity index (χ1n) is 8.16. The Labute approximate surface area is 157 Å². The number of aromatic nitrogens is 1. The molecule has 9 heteroatoms. The number of rotatable bonds is 5. The van der Waals surface area contributed by atoms with Gasteiger partial charge in [0.15, 0.2) is 5.76 Å². The van der Waals surface area contributed by atoms with E-state index >= 15 is 0 Å². The minimum atomic E-state index is -4.63. The molecule has 1 aromatic heterocycles. The van der Waals surface area contributed by atoms with Crippen molar-refractivity contribution in [2.75, 3.05) is 10.6 Å². The largest absolute Gasteiger partial charge is 0.439 e. The van der Waals surface area contributed by atoms with Crippen molar-refractivity contribution in [3.63, 3.8) is 0 Å². The third-order valence-electron chi connectivity index (χ3n) is 3.77. The number of nitrogens with one attached hydrogen (secondary N) is 2. The number of amides is 1. The van der Waals surface area contributed by atoms with Crippen LogP contribution >= 0.6 is 0 Å². The predicted octanol–water partition coefficient (Wildman–Crippen LogP) is 5.07. The number of hydrogen-bond acceptors (Lipinski definition) is 4. The lowest BCUT2D eigenvalue weighted by Gasteiger charge is -2.15. The highest BCUT2D eigenvalue weighted by atomic mass is 19.4. The molecule has 0 saturated carbocycles. The maximum atomic E-state index is 13.8. The number of anilines is 2. The first-order valence-corrected chi connectivity index (χ1v) is 8.16. The molecule has 0 aliphatic rings. The Hall–Kier alpha value is -3.36. The van der Waals surface area contributed by atoms with Crippen molar-refractivity contribution < 1.29 is 26.8 Å². The second kappa shape index (κ2) is 7.71. The van der Waals surface area contributed by atoms with Crippen LogP contribution in [0.3, 0.4) is 0 Å². The first-order chi connectivity index (χ1) is 13.2. The average molecular weight is 393 g/mol. The Balaban J connectivity index is 1.79. The van der Waals surface area contributed by atoms with E-state index in [-0.39, 0.29) is 35.1 Å². The third-order valence-corrected chi connectivity index (χ3v) is 3.77. The van der Waals surface area contributed by atoms with Gasteiger partial charge in [0, 0.05) is 18.3 Å². The molecule has 0 bridgehead atoms. The lowest BCUT2D eigenvalue weighted by atomic mass is 10.1. The van der Waals surface area contributed by atoms with Gasteiger partial charge in [-0.1, -0.05) is 12.1 Å². The minimum absolute atomic E-state index is 0.0309. The number of carbonyl (C=O) groups is 1. The fourth-order valence-electron chi connectivity index (χ4n) is 2.56. The number of oxazole rings is 1. The topological polar surface area (TPSA) is 67.2 Å². The highest BCUT2D eigenvalue weighted by molar-refractivity contribution is 5.89. The standard InChI is InChI=1S/C19H15F4N3O2/c1-11(27)26-12-6-7-16(14(8-12)19(21,22)23)24-10-18-25-9-17(28-18)13-4-2-3-5-15(13)20/h2-9,24H,10H2,1H3,(H,26,27). The molecule has 0 aliphatic heterocycles. The molecule has 1 heterocycles. The van der Waals surface area contributed by atoms with Crippen LogP contribution in [-0.2, 0) is 17.5 Å². The molecule has 3 aromatic rings. The minimum Gasteiger partial charge on any atom is -0.439 e. The quantitative estimate of drug-likeness (QED) is 0.594. The summed E-state index contributed by atoms with van der Waals surface area (Å²) in [5, 5.41) is 4.93. The molecule has 0 fully saturated rings. The van der Waals surface area contributed by atoms with E-state index in [1.165, 1.54) is 43.5 Å². The Kier molecular flexibility index (Phi) is 5.34. The van der Waals surface area contributed by atoms with Crippen molar-refractivity contribution in [2.45, 2.75) is 19.6 Å². The molecule has 0 unspecified atom stereocenters.